The van der Waals surface area contributed by atoms with Crippen LogP contribution in [0.5, 0.6) is 0 Å². The fourth-order valence-electron chi connectivity index (χ4n) is 2.56. The summed E-state index contributed by atoms with van der Waals surface area (Å²) in [6, 6.07) is 0. The molecule has 1 aliphatic heterocycles. The monoisotopic (exact) mass is 227 g/mol. The van der Waals surface area contributed by atoms with E-state index in [1.807, 2.05) is 0 Å². The molecule has 1 unspecified atom stereocenters. The smallest absolute Gasteiger partial charge is 0.306 e. The van der Waals surface area contributed by atoms with Gasteiger partial charge in [0.25, 0.3) is 0 Å². The fraction of sp³-hybridized carbons (Fsp3) is 0.818. The predicted octanol–water partition coefficient (Wildman–Crippen LogP) is 0.392. The molecule has 2 N–H and O–H groups in total. The third-order valence-electron chi connectivity index (χ3n) is 3.51. The Morgan fingerprint density at radius 1 is 1.31 bits per heavy atom. The summed E-state index contributed by atoms with van der Waals surface area (Å²) in [4.78, 5) is 22.3. The van der Waals surface area contributed by atoms with Gasteiger partial charge in [0, 0.05) is 6.54 Å². The second kappa shape index (κ2) is 4.82. The number of carboxylic acids is 1. The highest BCUT2D eigenvalue weighted by atomic mass is 16.5. The Labute approximate surface area is 94.2 Å². The molecule has 16 heavy (non-hydrogen) atoms. The zero-order valence-electron chi connectivity index (χ0n) is 9.15. The van der Waals surface area contributed by atoms with Gasteiger partial charge in [-0.15, -0.1) is 0 Å². The molecule has 1 saturated heterocycles. The highest BCUT2D eigenvalue weighted by Crippen LogP contribution is 2.32. The number of aliphatic carboxylic acids is 1. The van der Waals surface area contributed by atoms with Gasteiger partial charge in [-0.2, -0.15) is 0 Å². The molecule has 0 aromatic heterocycles. The average Bonchev–Trinajstić information content (AvgIpc) is 2.30. The van der Waals surface area contributed by atoms with Crippen LogP contribution >= 0.6 is 0 Å². The number of amides is 1. The lowest BCUT2D eigenvalue weighted by molar-refractivity contribution is -0.146. The van der Waals surface area contributed by atoms with Gasteiger partial charge in [0.1, 0.15) is 6.10 Å². The number of nitrogens with one attached hydrogen (secondary N) is 1. The molecule has 1 heterocycles. The number of hydrogen-bond acceptors (Lipinski definition) is 3. The molecule has 2 aliphatic rings. The Balaban J connectivity index is 1.88. The van der Waals surface area contributed by atoms with E-state index in [0.29, 0.717) is 26.0 Å². The van der Waals surface area contributed by atoms with Crippen LogP contribution in [-0.4, -0.2) is 36.2 Å². The van der Waals surface area contributed by atoms with E-state index in [-0.39, 0.29) is 23.8 Å². The SMILES string of the molecule is O=C(O)C1CCC(C2OCCNC2=O)CC1. The molecule has 0 spiro atoms. The second-order valence-corrected chi connectivity index (χ2v) is 4.53. The van der Waals surface area contributed by atoms with Crippen molar-refractivity contribution in [2.24, 2.45) is 11.8 Å². The lowest BCUT2D eigenvalue weighted by atomic mass is 9.79. The molecule has 2 fully saturated rings. The van der Waals surface area contributed by atoms with Crippen molar-refractivity contribution in [1.82, 2.24) is 5.32 Å². The molecule has 1 saturated carbocycles. The summed E-state index contributed by atoms with van der Waals surface area (Å²) in [6.07, 6.45) is 2.51. The quantitative estimate of drug-likeness (QED) is 0.715. The first-order chi connectivity index (χ1) is 7.68. The zero-order chi connectivity index (χ0) is 11.5. The molecule has 90 valence electrons. The maximum atomic E-state index is 11.6. The van der Waals surface area contributed by atoms with E-state index < -0.39 is 5.97 Å². The number of rotatable bonds is 2. The van der Waals surface area contributed by atoms with Crippen LogP contribution in [0.2, 0.25) is 0 Å². The van der Waals surface area contributed by atoms with Gasteiger partial charge in [-0.1, -0.05) is 0 Å². The molecular formula is C11H17NO4. The van der Waals surface area contributed by atoms with Crippen molar-refractivity contribution in [3.63, 3.8) is 0 Å². The van der Waals surface area contributed by atoms with Crippen molar-refractivity contribution in [3.05, 3.63) is 0 Å². The Bertz CT molecular complexity index is 284. The maximum absolute atomic E-state index is 11.6. The van der Waals surface area contributed by atoms with Crippen LogP contribution in [0, 0.1) is 11.8 Å². The molecule has 0 aromatic rings. The molecule has 2 rings (SSSR count). The van der Waals surface area contributed by atoms with Crippen LogP contribution in [0.3, 0.4) is 0 Å². The van der Waals surface area contributed by atoms with E-state index in [1.165, 1.54) is 0 Å². The Morgan fingerprint density at radius 2 is 2.00 bits per heavy atom. The first-order valence-electron chi connectivity index (χ1n) is 5.80. The van der Waals surface area contributed by atoms with Gasteiger partial charge in [-0.3, -0.25) is 9.59 Å². The van der Waals surface area contributed by atoms with Crippen LogP contribution in [0.4, 0.5) is 0 Å². The van der Waals surface area contributed by atoms with Gasteiger partial charge >= 0.3 is 5.97 Å². The first kappa shape index (κ1) is 11.4. The van der Waals surface area contributed by atoms with Crippen molar-refractivity contribution >= 4 is 11.9 Å². The van der Waals surface area contributed by atoms with Crippen LogP contribution < -0.4 is 5.32 Å². The number of carbonyl (C=O) groups excluding carboxylic acids is 1. The van der Waals surface area contributed by atoms with E-state index in [4.69, 9.17) is 9.84 Å². The highest BCUT2D eigenvalue weighted by molar-refractivity contribution is 5.81. The van der Waals surface area contributed by atoms with E-state index >= 15 is 0 Å². The van der Waals surface area contributed by atoms with Crippen molar-refractivity contribution in [1.29, 1.82) is 0 Å². The lowest BCUT2D eigenvalue weighted by Gasteiger charge is -2.33. The topological polar surface area (TPSA) is 75.6 Å². The molecule has 0 bridgehead atoms. The van der Waals surface area contributed by atoms with Crippen LogP contribution in [0.25, 0.3) is 0 Å². The third kappa shape index (κ3) is 2.35. The number of ether oxygens (including phenoxy) is 1. The minimum Gasteiger partial charge on any atom is -0.481 e. The van der Waals surface area contributed by atoms with Gasteiger partial charge in [-0.05, 0) is 31.6 Å². The molecule has 5 heteroatoms. The van der Waals surface area contributed by atoms with Crippen LogP contribution in [0.15, 0.2) is 0 Å². The summed E-state index contributed by atoms with van der Waals surface area (Å²) in [5.74, 6) is -0.795. The number of carbonyl (C=O) groups is 2. The van der Waals surface area contributed by atoms with Gasteiger partial charge < -0.3 is 15.2 Å². The standard InChI is InChI=1S/C11H17NO4/c13-10-9(16-6-5-12-10)7-1-3-8(4-2-7)11(14)15/h7-9H,1-6H2,(H,12,13)(H,14,15). The number of carboxylic acid groups (broad SMARTS) is 1. The van der Waals surface area contributed by atoms with Gasteiger partial charge in [-0.25, -0.2) is 0 Å². The van der Waals surface area contributed by atoms with E-state index in [9.17, 15) is 9.59 Å². The molecule has 0 radical (unpaired) electrons. The van der Waals surface area contributed by atoms with E-state index in [2.05, 4.69) is 5.32 Å². The van der Waals surface area contributed by atoms with Crippen LogP contribution in [-0.2, 0) is 14.3 Å². The summed E-state index contributed by atoms with van der Waals surface area (Å²) in [5, 5.41) is 11.7. The third-order valence-corrected chi connectivity index (χ3v) is 3.51. The lowest BCUT2D eigenvalue weighted by Crippen LogP contribution is -2.48. The Hall–Kier alpha value is -1.10. The zero-order valence-corrected chi connectivity index (χ0v) is 9.15. The van der Waals surface area contributed by atoms with Crippen molar-refractivity contribution in [3.8, 4) is 0 Å². The maximum Gasteiger partial charge on any atom is 0.306 e. The van der Waals surface area contributed by atoms with Crippen molar-refractivity contribution in [2.75, 3.05) is 13.2 Å². The summed E-state index contributed by atoms with van der Waals surface area (Å²) in [6.45, 7) is 1.15. The minimum atomic E-state index is -0.715. The van der Waals surface area contributed by atoms with Gasteiger partial charge in [0.05, 0.1) is 12.5 Å². The largest absolute Gasteiger partial charge is 0.481 e. The Kier molecular flexibility index (Phi) is 3.43. The number of morpholine rings is 1. The summed E-state index contributed by atoms with van der Waals surface area (Å²) >= 11 is 0. The molecular weight excluding hydrogens is 210 g/mol. The van der Waals surface area contributed by atoms with Gasteiger partial charge in [0.15, 0.2) is 0 Å². The minimum absolute atomic E-state index is 0.0370. The molecule has 1 aliphatic carbocycles. The highest BCUT2D eigenvalue weighted by Gasteiger charge is 2.35. The summed E-state index contributed by atoms with van der Waals surface area (Å²) < 4.78 is 5.47. The summed E-state index contributed by atoms with van der Waals surface area (Å²) in [7, 11) is 0. The first-order valence-corrected chi connectivity index (χ1v) is 5.80. The second-order valence-electron chi connectivity index (χ2n) is 4.53. The molecule has 5 nitrogen and oxygen atoms in total. The fourth-order valence-corrected chi connectivity index (χ4v) is 2.56. The average molecular weight is 227 g/mol. The van der Waals surface area contributed by atoms with Crippen molar-refractivity contribution in [2.45, 2.75) is 31.8 Å². The predicted molar refractivity (Wildman–Crippen MR) is 55.8 cm³/mol. The van der Waals surface area contributed by atoms with E-state index in [0.717, 1.165) is 12.8 Å². The Morgan fingerprint density at radius 3 is 2.56 bits per heavy atom. The molecule has 1 atom stereocenters. The van der Waals surface area contributed by atoms with Crippen LogP contribution in [0.1, 0.15) is 25.7 Å². The molecule has 0 aromatic carbocycles. The van der Waals surface area contributed by atoms with E-state index in [1.54, 1.807) is 0 Å². The molecule has 1 amide bonds. The normalized spacial score (nSPS) is 35.5. The number of hydrogen-bond donors (Lipinski definition) is 2. The summed E-state index contributed by atoms with van der Waals surface area (Å²) in [5.41, 5.74) is 0. The van der Waals surface area contributed by atoms with Gasteiger partial charge in [0.2, 0.25) is 5.91 Å². The van der Waals surface area contributed by atoms with Crippen molar-refractivity contribution < 1.29 is 19.4 Å².